The molecule has 3 rings (SSSR count). The molecule has 0 N–H and O–H groups in total. The molecule has 1 aliphatic heterocycles. The molecule has 1 aromatic rings. The highest BCUT2D eigenvalue weighted by Crippen LogP contribution is 2.54. The maximum Gasteiger partial charge on any atom is 0.132 e. The standard InChI is InChI=1S/C13H16Br2N2/c1-9-8-10(14)11(15)16-12(9)17-6-4-13(2-3-13)5-7-17/h8H,2-7H2,1H3. The van der Waals surface area contributed by atoms with Crippen molar-refractivity contribution in [3.63, 3.8) is 0 Å². The second kappa shape index (κ2) is 4.23. The molecule has 1 aromatic heterocycles. The molecule has 92 valence electrons. The van der Waals surface area contributed by atoms with Crippen LogP contribution in [-0.4, -0.2) is 18.1 Å². The summed E-state index contributed by atoms with van der Waals surface area (Å²) in [7, 11) is 0. The molecule has 0 atom stereocenters. The zero-order valence-corrected chi connectivity index (χ0v) is 13.1. The molecule has 0 radical (unpaired) electrons. The van der Waals surface area contributed by atoms with Crippen molar-refractivity contribution in [1.82, 2.24) is 4.98 Å². The third-order valence-corrected chi connectivity index (χ3v) is 5.92. The number of anilines is 1. The van der Waals surface area contributed by atoms with Crippen LogP contribution in [0.4, 0.5) is 5.82 Å². The van der Waals surface area contributed by atoms with Gasteiger partial charge in [-0.1, -0.05) is 0 Å². The topological polar surface area (TPSA) is 16.1 Å². The quantitative estimate of drug-likeness (QED) is 0.695. The SMILES string of the molecule is Cc1cc(Br)c(Br)nc1N1CCC2(CC1)CC2. The summed E-state index contributed by atoms with van der Waals surface area (Å²) in [4.78, 5) is 7.10. The second-order valence-electron chi connectivity index (χ2n) is 5.39. The van der Waals surface area contributed by atoms with Crippen LogP contribution in [0.25, 0.3) is 0 Å². The summed E-state index contributed by atoms with van der Waals surface area (Å²) in [6.07, 6.45) is 5.61. The number of nitrogens with zero attached hydrogens (tertiary/aromatic N) is 2. The fourth-order valence-corrected chi connectivity index (χ4v) is 3.45. The summed E-state index contributed by atoms with van der Waals surface area (Å²) < 4.78 is 1.94. The third-order valence-electron chi connectivity index (χ3n) is 4.18. The van der Waals surface area contributed by atoms with Crippen LogP contribution in [0.3, 0.4) is 0 Å². The zero-order chi connectivity index (χ0) is 12.0. The minimum absolute atomic E-state index is 0.733. The van der Waals surface area contributed by atoms with Crippen molar-refractivity contribution in [2.75, 3.05) is 18.0 Å². The normalized spacial score (nSPS) is 21.9. The van der Waals surface area contributed by atoms with Crippen LogP contribution < -0.4 is 4.90 Å². The monoisotopic (exact) mass is 358 g/mol. The number of hydrogen-bond acceptors (Lipinski definition) is 2. The maximum absolute atomic E-state index is 4.66. The molecule has 2 nitrogen and oxygen atoms in total. The first-order valence-electron chi connectivity index (χ1n) is 6.17. The van der Waals surface area contributed by atoms with Gasteiger partial charge >= 0.3 is 0 Å². The number of hydrogen-bond donors (Lipinski definition) is 0. The van der Waals surface area contributed by atoms with E-state index in [0.717, 1.165) is 20.3 Å². The van der Waals surface area contributed by atoms with Gasteiger partial charge < -0.3 is 4.90 Å². The predicted octanol–water partition coefficient (Wildman–Crippen LogP) is 4.30. The number of aromatic nitrogens is 1. The number of pyridine rings is 1. The van der Waals surface area contributed by atoms with Gasteiger partial charge in [-0.25, -0.2) is 4.98 Å². The average molecular weight is 360 g/mol. The largest absolute Gasteiger partial charge is 0.356 e. The van der Waals surface area contributed by atoms with Crippen molar-refractivity contribution in [3.05, 3.63) is 20.7 Å². The van der Waals surface area contributed by atoms with Gasteiger partial charge in [-0.15, -0.1) is 0 Å². The van der Waals surface area contributed by atoms with E-state index in [0.29, 0.717) is 0 Å². The lowest BCUT2D eigenvalue weighted by Gasteiger charge is -2.34. The lowest BCUT2D eigenvalue weighted by molar-refractivity contribution is 0.383. The molecule has 0 aromatic carbocycles. The van der Waals surface area contributed by atoms with Crippen molar-refractivity contribution < 1.29 is 0 Å². The molecule has 17 heavy (non-hydrogen) atoms. The lowest BCUT2D eigenvalue weighted by atomic mass is 9.93. The van der Waals surface area contributed by atoms with E-state index in [1.54, 1.807) is 0 Å². The van der Waals surface area contributed by atoms with Gasteiger partial charge in [0.25, 0.3) is 0 Å². The van der Waals surface area contributed by atoms with Crippen LogP contribution in [0.15, 0.2) is 15.1 Å². The summed E-state index contributed by atoms with van der Waals surface area (Å²) in [5, 5.41) is 0. The zero-order valence-electron chi connectivity index (χ0n) is 9.97. The van der Waals surface area contributed by atoms with Gasteiger partial charge in [-0.2, -0.15) is 0 Å². The number of piperidine rings is 1. The first kappa shape index (κ1) is 12.0. The van der Waals surface area contributed by atoms with E-state index < -0.39 is 0 Å². The van der Waals surface area contributed by atoms with Crippen molar-refractivity contribution in [2.45, 2.75) is 32.6 Å². The summed E-state index contributed by atoms with van der Waals surface area (Å²) in [6, 6.07) is 2.15. The minimum atomic E-state index is 0.733. The van der Waals surface area contributed by atoms with Crippen LogP contribution in [0.1, 0.15) is 31.2 Å². The Morgan fingerprint density at radius 1 is 1.18 bits per heavy atom. The molecule has 0 amide bonds. The highest BCUT2D eigenvalue weighted by molar-refractivity contribution is 9.13. The van der Waals surface area contributed by atoms with E-state index >= 15 is 0 Å². The lowest BCUT2D eigenvalue weighted by Crippen LogP contribution is -2.35. The van der Waals surface area contributed by atoms with Gasteiger partial charge in [0.15, 0.2) is 0 Å². The minimum Gasteiger partial charge on any atom is -0.356 e. The molecule has 2 aliphatic rings. The van der Waals surface area contributed by atoms with Crippen LogP contribution in [-0.2, 0) is 0 Å². The number of aryl methyl sites for hydroxylation is 1. The van der Waals surface area contributed by atoms with Gasteiger partial charge in [0, 0.05) is 13.1 Å². The van der Waals surface area contributed by atoms with E-state index in [9.17, 15) is 0 Å². The van der Waals surface area contributed by atoms with Crippen molar-refractivity contribution in [3.8, 4) is 0 Å². The molecule has 1 aliphatic carbocycles. The van der Waals surface area contributed by atoms with E-state index in [1.807, 2.05) is 0 Å². The Bertz CT molecular complexity index is 445. The summed E-state index contributed by atoms with van der Waals surface area (Å²) in [5.41, 5.74) is 1.99. The van der Waals surface area contributed by atoms with Gasteiger partial charge in [0.2, 0.25) is 0 Å². The van der Waals surface area contributed by atoms with Crippen molar-refractivity contribution in [1.29, 1.82) is 0 Å². The highest BCUT2D eigenvalue weighted by atomic mass is 79.9. The number of rotatable bonds is 1. The Balaban J connectivity index is 1.82. The first-order valence-corrected chi connectivity index (χ1v) is 7.76. The molecule has 1 saturated heterocycles. The summed E-state index contributed by atoms with van der Waals surface area (Å²) in [5.74, 6) is 1.15. The Morgan fingerprint density at radius 3 is 2.41 bits per heavy atom. The second-order valence-corrected chi connectivity index (χ2v) is 6.99. The van der Waals surface area contributed by atoms with Gasteiger partial charge in [-0.05, 0) is 81.5 Å². The van der Waals surface area contributed by atoms with Crippen LogP contribution in [0, 0.1) is 12.3 Å². The van der Waals surface area contributed by atoms with E-state index in [-0.39, 0.29) is 0 Å². The average Bonchev–Trinajstić information content (AvgIpc) is 3.05. The van der Waals surface area contributed by atoms with Crippen LogP contribution in [0.5, 0.6) is 0 Å². The summed E-state index contributed by atoms with van der Waals surface area (Å²) in [6.45, 7) is 4.48. The van der Waals surface area contributed by atoms with Crippen LogP contribution in [0.2, 0.25) is 0 Å². The fourth-order valence-electron chi connectivity index (χ4n) is 2.74. The highest BCUT2D eigenvalue weighted by Gasteiger charge is 2.44. The Kier molecular flexibility index (Phi) is 2.98. The van der Waals surface area contributed by atoms with Gasteiger partial charge in [0.1, 0.15) is 10.4 Å². The summed E-state index contributed by atoms with van der Waals surface area (Å²) >= 11 is 7.00. The molecular formula is C13H16Br2N2. The molecule has 0 unspecified atom stereocenters. The van der Waals surface area contributed by atoms with E-state index in [4.69, 9.17) is 0 Å². The fraction of sp³-hybridized carbons (Fsp3) is 0.615. The first-order chi connectivity index (χ1) is 8.10. The molecule has 1 saturated carbocycles. The Hall–Kier alpha value is -0.0900. The van der Waals surface area contributed by atoms with E-state index in [1.165, 1.54) is 44.3 Å². The van der Waals surface area contributed by atoms with Gasteiger partial charge in [-0.3, -0.25) is 0 Å². The predicted molar refractivity (Wildman–Crippen MR) is 77.5 cm³/mol. The number of halogens is 2. The van der Waals surface area contributed by atoms with Crippen molar-refractivity contribution in [2.24, 2.45) is 5.41 Å². The maximum atomic E-state index is 4.66. The molecule has 2 fully saturated rings. The Morgan fingerprint density at radius 2 is 1.82 bits per heavy atom. The molecule has 0 bridgehead atoms. The van der Waals surface area contributed by atoms with Crippen LogP contribution >= 0.6 is 31.9 Å². The molecular weight excluding hydrogens is 344 g/mol. The molecule has 1 spiro atoms. The molecule has 2 heterocycles. The van der Waals surface area contributed by atoms with E-state index in [2.05, 4.69) is 54.7 Å². The smallest absolute Gasteiger partial charge is 0.132 e. The molecule has 4 heteroatoms. The van der Waals surface area contributed by atoms with Crippen molar-refractivity contribution >= 4 is 37.7 Å². The van der Waals surface area contributed by atoms with Gasteiger partial charge in [0.05, 0.1) is 4.47 Å². The Labute approximate surface area is 119 Å². The third kappa shape index (κ3) is 2.26.